The number of amides is 1. The maximum Gasteiger partial charge on any atom is 0.261 e. The van der Waals surface area contributed by atoms with Crippen LogP contribution in [0.2, 0.25) is 0 Å². The Labute approximate surface area is 146 Å². The first kappa shape index (κ1) is 17.3. The molecule has 0 aromatic carbocycles. The predicted molar refractivity (Wildman–Crippen MR) is 95.7 cm³/mol. The van der Waals surface area contributed by atoms with E-state index in [1.165, 1.54) is 6.07 Å². The number of thioether (sulfide) groups is 1. The molecular formula is C18H24N2O3S. The Bertz CT molecular complexity index is 738. The van der Waals surface area contributed by atoms with Gasteiger partial charge in [0.2, 0.25) is 0 Å². The number of ketones is 1. The fourth-order valence-corrected chi connectivity index (χ4v) is 4.94. The van der Waals surface area contributed by atoms with Crippen LogP contribution < -0.4 is 5.56 Å². The van der Waals surface area contributed by atoms with Crippen molar-refractivity contribution in [2.75, 3.05) is 12.3 Å². The van der Waals surface area contributed by atoms with Gasteiger partial charge in [-0.25, -0.2) is 0 Å². The molecule has 1 atom stereocenters. The summed E-state index contributed by atoms with van der Waals surface area (Å²) in [7, 11) is 0. The first-order valence-electron chi connectivity index (χ1n) is 8.54. The molecule has 1 aliphatic carbocycles. The zero-order chi connectivity index (χ0) is 17.5. The monoisotopic (exact) mass is 348 g/mol. The summed E-state index contributed by atoms with van der Waals surface area (Å²) >= 11 is 1.76. The van der Waals surface area contributed by atoms with Crippen LogP contribution in [0.3, 0.4) is 0 Å². The number of rotatable bonds is 3. The smallest absolute Gasteiger partial charge is 0.261 e. The molecular weight excluding hydrogens is 324 g/mol. The Morgan fingerprint density at radius 3 is 2.83 bits per heavy atom. The number of aromatic nitrogens is 1. The fraction of sp³-hybridized carbons (Fsp3) is 0.611. The number of carbonyl (C=O) groups is 2. The number of hydrogen-bond acceptors (Lipinski definition) is 4. The van der Waals surface area contributed by atoms with Crippen LogP contribution in [-0.4, -0.2) is 39.2 Å². The van der Waals surface area contributed by atoms with Crippen LogP contribution in [0.25, 0.3) is 0 Å². The van der Waals surface area contributed by atoms with E-state index in [9.17, 15) is 14.4 Å². The quantitative estimate of drug-likeness (QED) is 0.912. The summed E-state index contributed by atoms with van der Waals surface area (Å²) in [5.74, 6) is 0.652. The fourth-order valence-electron chi connectivity index (χ4n) is 3.58. The Morgan fingerprint density at radius 1 is 1.38 bits per heavy atom. The number of fused-ring (bicyclic) bond motifs is 1. The lowest BCUT2D eigenvalue weighted by molar-refractivity contribution is 0.0754. The van der Waals surface area contributed by atoms with Gasteiger partial charge in [0, 0.05) is 30.0 Å². The second-order valence-corrected chi connectivity index (χ2v) is 8.74. The van der Waals surface area contributed by atoms with Gasteiger partial charge in [0.15, 0.2) is 5.78 Å². The summed E-state index contributed by atoms with van der Waals surface area (Å²) in [5.41, 5.74) is 0.743. The minimum atomic E-state index is -0.378. The van der Waals surface area contributed by atoms with Crippen LogP contribution in [0.4, 0.5) is 0 Å². The van der Waals surface area contributed by atoms with Crippen molar-refractivity contribution in [1.29, 1.82) is 0 Å². The molecule has 1 aromatic heterocycles. The van der Waals surface area contributed by atoms with Crippen molar-refractivity contribution in [1.82, 2.24) is 9.88 Å². The lowest BCUT2D eigenvalue weighted by Crippen LogP contribution is -2.39. The molecule has 0 bridgehead atoms. The highest BCUT2D eigenvalue weighted by Gasteiger charge is 2.35. The van der Waals surface area contributed by atoms with E-state index in [2.05, 4.69) is 11.9 Å². The van der Waals surface area contributed by atoms with Gasteiger partial charge in [-0.2, -0.15) is 0 Å². The highest BCUT2D eigenvalue weighted by molar-refractivity contribution is 8.00. The van der Waals surface area contributed by atoms with Gasteiger partial charge in [-0.3, -0.25) is 14.4 Å². The number of Topliss-reactive ketones (excluding diaryl/α,β-unsaturated/α-hetero) is 1. The second kappa shape index (κ2) is 6.39. The molecule has 2 aliphatic rings. The van der Waals surface area contributed by atoms with Gasteiger partial charge in [0.25, 0.3) is 11.5 Å². The summed E-state index contributed by atoms with van der Waals surface area (Å²) in [6, 6.07) is 1.53. The van der Waals surface area contributed by atoms with E-state index in [1.807, 2.05) is 13.8 Å². The molecule has 6 heteroatoms. The molecule has 1 aromatic rings. The van der Waals surface area contributed by atoms with Gasteiger partial charge in [0.1, 0.15) is 5.56 Å². The van der Waals surface area contributed by atoms with Gasteiger partial charge < -0.3 is 9.88 Å². The Kier molecular flexibility index (Phi) is 4.60. The summed E-state index contributed by atoms with van der Waals surface area (Å²) in [6.45, 7) is 6.78. The maximum atomic E-state index is 12.9. The van der Waals surface area contributed by atoms with Gasteiger partial charge in [-0.15, -0.1) is 11.8 Å². The van der Waals surface area contributed by atoms with Crippen LogP contribution in [0, 0.1) is 5.41 Å². The summed E-state index contributed by atoms with van der Waals surface area (Å²) in [4.78, 5) is 42.3. The van der Waals surface area contributed by atoms with E-state index in [0.717, 1.165) is 18.6 Å². The average molecular weight is 348 g/mol. The molecule has 0 unspecified atom stereocenters. The van der Waals surface area contributed by atoms with Gasteiger partial charge in [-0.05, 0) is 24.3 Å². The van der Waals surface area contributed by atoms with E-state index >= 15 is 0 Å². The van der Waals surface area contributed by atoms with Crippen LogP contribution in [0.15, 0.2) is 10.9 Å². The van der Waals surface area contributed by atoms with Gasteiger partial charge >= 0.3 is 0 Å². The van der Waals surface area contributed by atoms with Crippen LogP contribution >= 0.6 is 11.8 Å². The zero-order valence-electron chi connectivity index (χ0n) is 14.5. The molecule has 1 saturated heterocycles. The summed E-state index contributed by atoms with van der Waals surface area (Å²) < 4.78 is 0. The minimum Gasteiger partial charge on any atom is -0.326 e. The Hall–Kier alpha value is -1.56. The molecule has 1 N–H and O–H groups in total. The third kappa shape index (κ3) is 3.16. The maximum absolute atomic E-state index is 12.9. The normalized spacial score (nSPS) is 22.5. The molecule has 24 heavy (non-hydrogen) atoms. The number of nitrogens with one attached hydrogen (secondary N) is 1. The van der Waals surface area contributed by atoms with E-state index < -0.39 is 0 Å². The van der Waals surface area contributed by atoms with Crippen LogP contribution in [-0.2, 0) is 6.42 Å². The molecule has 0 radical (unpaired) electrons. The molecule has 0 saturated carbocycles. The number of hydrogen-bond donors (Lipinski definition) is 1. The third-order valence-electron chi connectivity index (χ3n) is 4.73. The highest BCUT2D eigenvalue weighted by Crippen LogP contribution is 2.34. The Balaban J connectivity index is 1.95. The first-order valence-corrected chi connectivity index (χ1v) is 9.59. The zero-order valence-corrected chi connectivity index (χ0v) is 15.3. The minimum absolute atomic E-state index is 0.00690. The third-order valence-corrected chi connectivity index (χ3v) is 6.03. The van der Waals surface area contributed by atoms with Crippen molar-refractivity contribution in [3.05, 3.63) is 33.2 Å². The molecule has 5 nitrogen and oxygen atoms in total. The lowest BCUT2D eigenvalue weighted by atomic mass is 9.75. The van der Waals surface area contributed by atoms with Gasteiger partial charge in [-0.1, -0.05) is 27.2 Å². The van der Waals surface area contributed by atoms with Crippen molar-refractivity contribution >= 4 is 23.5 Å². The lowest BCUT2D eigenvalue weighted by Gasteiger charge is -2.30. The standard InChI is InChI=1S/C18H24N2O3S/c1-4-5-15-20(6-7-24-15)17(23)12-8-11-13(19-16(12)22)9-18(2,3)10-14(11)21/h8,15H,4-7,9-10H2,1-3H3,(H,19,22)/t15-/m0/s1. The molecule has 0 spiro atoms. The van der Waals surface area contributed by atoms with Crippen LogP contribution in [0.5, 0.6) is 0 Å². The van der Waals surface area contributed by atoms with E-state index in [0.29, 0.717) is 30.6 Å². The summed E-state index contributed by atoms with van der Waals surface area (Å²) in [6.07, 6.45) is 3.01. The van der Waals surface area contributed by atoms with E-state index in [4.69, 9.17) is 0 Å². The molecule has 130 valence electrons. The molecule has 2 heterocycles. The van der Waals surface area contributed by atoms with E-state index in [1.54, 1.807) is 16.7 Å². The second-order valence-electron chi connectivity index (χ2n) is 7.46. The molecule has 3 rings (SSSR count). The molecule has 1 fully saturated rings. The Morgan fingerprint density at radius 2 is 2.12 bits per heavy atom. The van der Waals surface area contributed by atoms with Gasteiger partial charge in [0.05, 0.1) is 5.37 Å². The van der Waals surface area contributed by atoms with Crippen molar-refractivity contribution in [2.45, 2.75) is 51.8 Å². The van der Waals surface area contributed by atoms with Crippen molar-refractivity contribution in [3.8, 4) is 0 Å². The number of nitrogens with zero attached hydrogens (tertiary/aromatic N) is 1. The average Bonchev–Trinajstić information content (AvgIpc) is 2.93. The number of pyridine rings is 1. The first-order chi connectivity index (χ1) is 11.3. The summed E-state index contributed by atoms with van der Waals surface area (Å²) in [5, 5.41) is 0.132. The molecule has 1 amide bonds. The largest absolute Gasteiger partial charge is 0.326 e. The topological polar surface area (TPSA) is 70.2 Å². The SMILES string of the molecule is CCC[C@@H]1SCCN1C(=O)c1cc2c([nH]c1=O)CC(C)(C)CC2=O. The molecule has 1 aliphatic heterocycles. The van der Waals surface area contributed by atoms with Crippen molar-refractivity contribution in [2.24, 2.45) is 5.41 Å². The predicted octanol–water partition coefficient (Wildman–Crippen LogP) is 2.85. The highest BCUT2D eigenvalue weighted by atomic mass is 32.2. The van der Waals surface area contributed by atoms with Crippen molar-refractivity contribution < 1.29 is 9.59 Å². The van der Waals surface area contributed by atoms with Crippen molar-refractivity contribution in [3.63, 3.8) is 0 Å². The number of aromatic amines is 1. The number of carbonyl (C=O) groups excluding carboxylic acids is 2. The van der Waals surface area contributed by atoms with E-state index in [-0.39, 0.29) is 33.6 Å². The number of H-pyrrole nitrogens is 1. The van der Waals surface area contributed by atoms with Crippen LogP contribution in [0.1, 0.15) is 66.4 Å².